The SMILES string of the molecule is CCc1cc(O)c2c3c1C[C@@H]1[C@@H]4C=C[C@H](OC5O[C@H](C(=O)O)[C@@H](O)[C@H](O)[C@H]5O)[C@H](O2)[C@]34CCN1C. The van der Waals surface area contributed by atoms with Crippen LogP contribution in [0.2, 0.25) is 0 Å². The van der Waals surface area contributed by atoms with E-state index in [2.05, 4.69) is 24.9 Å². The number of piperidine rings is 1. The van der Waals surface area contributed by atoms with Crippen LogP contribution >= 0.6 is 0 Å². The molecule has 5 aliphatic rings. The number of ether oxygens (including phenoxy) is 3. The summed E-state index contributed by atoms with van der Waals surface area (Å²) in [7, 11) is 2.13. The number of phenols is 1. The highest BCUT2D eigenvalue weighted by Gasteiger charge is 2.65. The summed E-state index contributed by atoms with van der Waals surface area (Å²) < 4.78 is 17.9. The second kappa shape index (κ2) is 7.89. The van der Waals surface area contributed by atoms with Gasteiger partial charge in [-0.3, -0.25) is 0 Å². The molecule has 190 valence electrons. The summed E-state index contributed by atoms with van der Waals surface area (Å²) in [6, 6.07) is 2.04. The van der Waals surface area contributed by atoms with Gasteiger partial charge in [0.15, 0.2) is 23.9 Å². The van der Waals surface area contributed by atoms with Crippen molar-refractivity contribution < 1.29 is 44.5 Å². The van der Waals surface area contributed by atoms with E-state index in [1.807, 2.05) is 6.08 Å². The van der Waals surface area contributed by atoms with Gasteiger partial charge in [-0.25, -0.2) is 4.79 Å². The predicted molar refractivity (Wildman–Crippen MR) is 120 cm³/mol. The zero-order valence-electron chi connectivity index (χ0n) is 19.6. The maximum absolute atomic E-state index is 11.5. The predicted octanol–water partition coefficient (Wildman–Crippen LogP) is -0.323. The van der Waals surface area contributed by atoms with Crippen LogP contribution < -0.4 is 4.74 Å². The lowest BCUT2D eigenvalue weighted by Gasteiger charge is -2.57. The summed E-state index contributed by atoms with van der Waals surface area (Å²) in [5, 5.41) is 51.1. The summed E-state index contributed by atoms with van der Waals surface area (Å²) in [6.45, 7) is 2.91. The number of aliphatic hydroxyl groups is 3. The van der Waals surface area contributed by atoms with Gasteiger partial charge in [0.1, 0.15) is 30.5 Å². The van der Waals surface area contributed by atoms with E-state index < -0.39 is 54.3 Å². The molecule has 1 aromatic carbocycles. The molecular weight excluding hydrogens is 458 g/mol. The number of carbonyl (C=O) groups is 1. The quantitative estimate of drug-likeness (QED) is 0.356. The number of carboxylic acid groups (broad SMARTS) is 1. The monoisotopic (exact) mass is 489 g/mol. The first-order valence-corrected chi connectivity index (χ1v) is 12.2. The Bertz CT molecular complexity index is 1090. The normalized spacial score (nSPS) is 43.5. The fraction of sp³-hybridized carbons (Fsp3) is 0.640. The molecule has 0 aromatic heterocycles. The minimum absolute atomic E-state index is 0.0951. The van der Waals surface area contributed by atoms with Crippen LogP contribution in [0.4, 0.5) is 0 Å². The molecule has 3 heterocycles. The van der Waals surface area contributed by atoms with Crippen molar-refractivity contribution in [1.82, 2.24) is 4.90 Å². The number of phenolic OH excluding ortho intramolecular Hbond substituents is 1. The lowest BCUT2D eigenvalue weighted by Crippen LogP contribution is -2.66. The topological polar surface area (TPSA) is 149 Å². The molecule has 10 nitrogen and oxygen atoms in total. The molecule has 2 aliphatic carbocycles. The third-order valence-electron chi connectivity index (χ3n) is 8.84. The average molecular weight is 490 g/mol. The number of benzene rings is 1. The Morgan fingerprint density at radius 3 is 2.71 bits per heavy atom. The van der Waals surface area contributed by atoms with Crippen molar-refractivity contribution in [2.45, 2.75) is 80.6 Å². The fourth-order valence-corrected chi connectivity index (χ4v) is 7.13. The highest BCUT2D eigenvalue weighted by molar-refractivity contribution is 5.73. The van der Waals surface area contributed by atoms with Gasteiger partial charge < -0.3 is 44.6 Å². The van der Waals surface area contributed by atoms with Gasteiger partial charge in [0, 0.05) is 22.9 Å². The Morgan fingerprint density at radius 2 is 2.00 bits per heavy atom. The van der Waals surface area contributed by atoms with Crippen LogP contribution in [0.5, 0.6) is 11.5 Å². The second-order valence-corrected chi connectivity index (χ2v) is 10.4. The van der Waals surface area contributed by atoms with E-state index in [1.165, 1.54) is 5.56 Å². The fourth-order valence-electron chi connectivity index (χ4n) is 7.13. The number of aliphatic hydroxyl groups excluding tert-OH is 3. The van der Waals surface area contributed by atoms with Crippen LogP contribution in [0.15, 0.2) is 18.2 Å². The van der Waals surface area contributed by atoms with Crippen LogP contribution in [-0.2, 0) is 32.5 Å². The third kappa shape index (κ3) is 3.01. The molecule has 1 spiro atoms. The molecule has 0 saturated carbocycles. The number of carboxylic acids is 1. The minimum atomic E-state index is -1.79. The zero-order chi connectivity index (χ0) is 24.8. The molecule has 3 aliphatic heterocycles. The standard InChI is InChI=1S/C25H31NO9/c1-3-10-8-14(27)20-16-11(10)9-13-12-4-5-15(22(34-20)25(12,16)6-7-26(13)2)33-24-19(30)17(28)18(29)21(35-24)23(31)32/h4-5,8,12-13,15,17-19,21-22,24,27-30H,3,6-7,9H2,1-2H3,(H,31,32)/t12-,13+,15-,17-,18-,19+,21-,22-,24?,25-/m0/s1. The molecule has 2 saturated heterocycles. The van der Waals surface area contributed by atoms with Crippen LogP contribution in [0.1, 0.15) is 30.0 Å². The number of nitrogens with zero attached hydrogens (tertiary/aromatic N) is 1. The highest BCUT2D eigenvalue weighted by atomic mass is 16.7. The van der Waals surface area contributed by atoms with E-state index in [-0.39, 0.29) is 17.7 Å². The largest absolute Gasteiger partial charge is 0.504 e. The van der Waals surface area contributed by atoms with Crippen molar-refractivity contribution in [3.8, 4) is 11.5 Å². The molecular formula is C25H31NO9. The number of aromatic hydroxyl groups is 1. The average Bonchev–Trinajstić information content (AvgIpc) is 3.18. The zero-order valence-corrected chi connectivity index (χ0v) is 19.6. The first-order chi connectivity index (χ1) is 16.7. The lowest BCUT2D eigenvalue weighted by atomic mass is 9.53. The van der Waals surface area contributed by atoms with Gasteiger partial charge in [0.25, 0.3) is 0 Å². The molecule has 5 N–H and O–H groups in total. The Balaban J connectivity index is 1.41. The maximum atomic E-state index is 11.5. The first-order valence-electron chi connectivity index (χ1n) is 12.2. The first kappa shape index (κ1) is 23.2. The van der Waals surface area contributed by atoms with E-state index in [1.54, 1.807) is 6.07 Å². The number of aliphatic carboxylic acids is 1. The van der Waals surface area contributed by atoms with Gasteiger partial charge in [-0.1, -0.05) is 19.1 Å². The molecule has 1 unspecified atom stereocenters. The van der Waals surface area contributed by atoms with Crippen molar-refractivity contribution >= 4 is 5.97 Å². The van der Waals surface area contributed by atoms with E-state index in [9.17, 15) is 30.3 Å². The minimum Gasteiger partial charge on any atom is -0.504 e. The van der Waals surface area contributed by atoms with E-state index in [0.29, 0.717) is 5.75 Å². The van der Waals surface area contributed by atoms with Gasteiger partial charge >= 0.3 is 5.97 Å². The highest BCUT2D eigenvalue weighted by Crippen LogP contribution is 2.63. The molecule has 10 heteroatoms. The van der Waals surface area contributed by atoms with E-state index >= 15 is 0 Å². The van der Waals surface area contributed by atoms with Crippen molar-refractivity contribution in [3.63, 3.8) is 0 Å². The summed E-state index contributed by atoms with van der Waals surface area (Å²) in [6.07, 6.45) is -3.34. The second-order valence-electron chi connectivity index (χ2n) is 10.4. The van der Waals surface area contributed by atoms with Crippen molar-refractivity contribution in [2.75, 3.05) is 13.6 Å². The Hall–Kier alpha value is -2.21. The Labute approximate surface area is 202 Å². The number of hydrogen-bond donors (Lipinski definition) is 5. The number of hydrogen-bond acceptors (Lipinski definition) is 9. The van der Waals surface area contributed by atoms with Crippen LogP contribution in [-0.4, -0.2) is 98.9 Å². The number of rotatable bonds is 4. The Morgan fingerprint density at radius 1 is 1.23 bits per heavy atom. The van der Waals surface area contributed by atoms with Gasteiger partial charge in [0.05, 0.1) is 0 Å². The molecule has 1 aromatic rings. The van der Waals surface area contributed by atoms with Gasteiger partial charge in [-0.15, -0.1) is 0 Å². The molecule has 6 rings (SSSR count). The molecule has 35 heavy (non-hydrogen) atoms. The summed E-state index contributed by atoms with van der Waals surface area (Å²) >= 11 is 0. The summed E-state index contributed by atoms with van der Waals surface area (Å²) in [5.74, 6) is -0.775. The molecule has 2 fully saturated rings. The van der Waals surface area contributed by atoms with E-state index in [0.717, 1.165) is 36.9 Å². The van der Waals surface area contributed by atoms with Crippen molar-refractivity contribution in [1.29, 1.82) is 0 Å². The van der Waals surface area contributed by atoms with Crippen LogP contribution in [0, 0.1) is 5.92 Å². The van der Waals surface area contributed by atoms with Gasteiger partial charge in [-0.2, -0.15) is 0 Å². The molecule has 0 amide bonds. The van der Waals surface area contributed by atoms with Gasteiger partial charge in [-0.05, 0) is 50.0 Å². The molecule has 2 bridgehead atoms. The maximum Gasteiger partial charge on any atom is 0.335 e. The molecule has 0 radical (unpaired) electrons. The number of likely N-dealkylation sites (N-methyl/N-ethyl adjacent to an activating group) is 1. The number of likely N-dealkylation sites (tertiary alicyclic amines) is 1. The summed E-state index contributed by atoms with van der Waals surface area (Å²) in [4.78, 5) is 13.9. The van der Waals surface area contributed by atoms with E-state index in [4.69, 9.17) is 14.2 Å². The van der Waals surface area contributed by atoms with Gasteiger partial charge in [0.2, 0.25) is 0 Å². The molecule has 10 atom stereocenters. The van der Waals surface area contributed by atoms with Crippen molar-refractivity contribution in [2.24, 2.45) is 5.92 Å². The number of aryl methyl sites for hydroxylation is 1. The van der Waals surface area contributed by atoms with Crippen LogP contribution in [0.3, 0.4) is 0 Å². The lowest BCUT2D eigenvalue weighted by molar-refractivity contribution is -0.307. The summed E-state index contributed by atoms with van der Waals surface area (Å²) in [5.41, 5.74) is 2.90. The third-order valence-corrected chi connectivity index (χ3v) is 8.84. The smallest absolute Gasteiger partial charge is 0.335 e. The van der Waals surface area contributed by atoms with Crippen molar-refractivity contribution in [3.05, 3.63) is 34.9 Å². The van der Waals surface area contributed by atoms with Crippen LogP contribution in [0.25, 0.3) is 0 Å². The Kier molecular flexibility index (Phi) is 5.23.